The third-order valence-corrected chi connectivity index (χ3v) is 5.17. The topological polar surface area (TPSA) is 86.3 Å². The molecule has 0 atom stereocenters. The zero-order valence-corrected chi connectivity index (χ0v) is 16.9. The van der Waals surface area contributed by atoms with Crippen LogP contribution in [-0.4, -0.2) is 62.2 Å². The van der Waals surface area contributed by atoms with Crippen molar-refractivity contribution in [2.75, 3.05) is 46.4 Å². The highest BCUT2D eigenvalue weighted by molar-refractivity contribution is 6.30. The molecule has 154 valence electrons. The first kappa shape index (κ1) is 20.9. The van der Waals surface area contributed by atoms with Crippen LogP contribution >= 0.6 is 11.6 Å². The molecule has 1 aliphatic rings. The summed E-state index contributed by atoms with van der Waals surface area (Å²) < 4.78 is 10.9. The van der Waals surface area contributed by atoms with Crippen LogP contribution in [-0.2, 0) is 0 Å². The van der Waals surface area contributed by atoms with Gasteiger partial charge in [0.1, 0.15) is 24.7 Å². The smallest absolute Gasteiger partial charge is 0.270 e. The number of amides is 1. The normalized spacial score (nSPS) is 14.5. The lowest BCUT2D eigenvalue weighted by molar-refractivity contribution is -0.903. The second kappa shape index (κ2) is 9.58. The minimum atomic E-state index is -0.515. The number of rotatable bonds is 7. The molecule has 1 heterocycles. The van der Waals surface area contributed by atoms with Gasteiger partial charge in [0.05, 0.1) is 43.8 Å². The Hall–Kier alpha value is -2.84. The van der Waals surface area contributed by atoms with Crippen molar-refractivity contribution >= 4 is 23.2 Å². The predicted molar refractivity (Wildman–Crippen MR) is 108 cm³/mol. The van der Waals surface area contributed by atoms with E-state index in [1.165, 1.54) is 30.2 Å². The third kappa shape index (κ3) is 5.36. The van der Waals surface area contributed by atoms with E-state index in [-0.39, 0.29) is 17.2 Å². The summed E-state index contributed by atoms with van der Waals surface area (Å²) in [5.74, 6) is 0.870. The van der Waals surface area contributed by atoms with Gasteiger partial charge in [-0.15, -0.1) is 0 Å². The Balaban J connectivity index is 1.52. The number of nitrogens with zero attached hydrogens (tertiary/aromatic N) is 2. The highest BCUT2D eigenvalue weighted by Crippen LogP contribution is 2.25. The SMILES string of the molecule is COc1ccc([N+](=O)[O-])cc1C(=O)N1CC[NH+](CCOc2ccc(Cl)cc2)CC1. The maximum atomic E-state index is 12.9. The fraction of sp³-hybridized carbons (Fsp3) is 0.350. The highest BCUT2D eigenvalue weighted by Gasteiger charge is 2.27. The van der Waals surface area contributed by atoms with Gasteiger partial charge in [-0.1, -0.05) is 11.6 Å². The molecule has 1 fully saturated rings. The largest absolute Gasteiger partial charge is 0.496 e. The van der Waals surface area contributed by atoms with Crippen molar-refractivity contribution in [3.63, 3.8) is 0 Å². The van der Waals surface area contributed by atoms with E-state index in [4.69, 9.17) is 21.1 Å². The number of nitrogens with one attached hydrogen (secondary N) is 1. The van der Waals surface area contributed by atoms with Gasteiger partial charge in [-0.2, -0.15) is 0 Å². The Morgan fingerprint density at radius 1 is 1.21 bits per heavy atom. The van der Waals surface area contributed by atoms with E-state index in [1.54, 1.807) is 17.0 Å². The van der Waals surface area contributed by atoms with E-state index in [0.29, 0.717) is 30.5 Å². The van der Waals surface area contributed by atoms with E-state index in [1.807, 2.05) is 12.1 Å². The number of nitro groups is 1. The summed E-state index contributed by atoms with van der Waals surface area (Å²) in [4.78, 5) is 26.4. The number of non-ortho nitro benzene ring substituents is 1. The number of methoxy groups -OCH3 is 1. The standard InChI is InChI=1S/C20H22ClN3O5/c1-28-19-7-4-16(24(26)27)14-18(19)20(25)23-10-8-22(9-11-23)12-13-29-17-5-2-15(21)3-6-17/h2-7,14H,8-13H2,1H3/p+1. The number of carbonyl (C=O) groups excluding carboxylic acids is 1. The molecule has 2 aromatic carbocycles. The molecule has 0 unspecified atom stereocenters. The van der Waals surface area contributed by atoms with Crippen molar-refractivity contribution in [1.29, 1.82) is 0 Å². The Kier molecular flexibility index (Phi) is 6.90. The molecule has 1 saturated heterocycles. The van der Waals surface area contributed by atoms with Crippen molar-refractivity contribution in [3.05, 3.63) is 63.2 Å². The molecular formula is C20H23ClN3O5+. The number of piperazine rings is 1. The van der Waals surface area contributed by atoms with Crippen LogP contribution in [0.4, 0.5) is 5.69 Å². The summed E-state index contributed by atoms with van der Waals surface area (Å²) in [5, 5.41) is 11.7. The quantitative estimate of drug-likeness (QED) is 0.544. The Labute approximate surface area is 173 Å². The van der Waals surface area contributed by atoms with Gasteiger partial charge < -0.3 is 19.3 Å². The lowest BCUT2D eigenvalue weighted by Crippen LogP contribution is -3.15. The van der Waals surface area contributed by atoms with Crippen molar-refractivity contribution in [2.24, 2.45) is 0 Å². The second-order valence-electron chi connectivity index (χ2n) is 6.74. The van der Waals surface area contributed by atoms with Crippen LogP contribution in [0, 0.1) is 10.1 Å². The fourth-order valence-electron chi connectivity index (χ4n) is 3.27. The summed E-state index contributed by atoms with van der Waals surface area (Å²) in [6.45, 7) is 4.11. The van der Waals surface area contributed by atoms with Crippen molar-refractivity contribution < 1.29 is 24.1 Å². The highest BCUT2D eigenvalue weighted by atomic mass is 35.5. The van der Waals surface area contributed by atoms with Gasteiger partial charge in [-0.25, -0.2) is 0 Å². The molecule has 0 spiro atoms. The monoisotopic (exact) mass is 420 g/mol. The van der Waals surface area contributed by atoms with Crippen LogP contribution in [0.3, 0.4) is 0 Å². The maximum absolute atomic E-state index is 12.9. The summed E-state index contributed by atoms with van der Waals surface area (Å²) >= 11 is 5.86. The summed E-state index contributed by atoms with van der Waals surface area (Å²) in [6.07, 6.45) is 0. The van der Waals surface area contributed by atoms with Crippen LogP contribution in [0.25, 0.3) is 0 Å². The average Bonchev–Trinajstić information content (AvgIpc) is 2.74. The lowest BCUT2D eigenvalue weighted by Gasteiger charge is -2.32. The maximum Gasteiger partial charge on any atom is 0.270 e. The molecule has 2 aromatic rings. The molecule has 3 rings (SSSR count). The molecule has 0 aliphatic carbocycles. The predicted octanol–water partition coefficient (Wildman–Crippen LogP) is 1.68. The van der Waals surface area contributed by atoms with Crippen LogP contribution in [0.5, 0.6) is 11.5 Å². The van der Waals surface area contributed by atoms with Crippen LogP contribution < -0.4 is 14.4 Å². The molecule has 0 bridgehead atoms. The van der Waals surface area contributed by atoms with Crippen LogP contribution in [0.15, 0.2) is 42.5 Å². The second-order valence-corrected chi connectivity index (χ2v) is 7.17. The minimum absolute atomic E-state index is 0.127. The Bertz CT molecular complexity index is 867. The zero-order chi connectivity index (χ0) is 20.8. The first-order valence-corrected chi connectivity index (χ1v) is 9.69. The molecule has 0 radical (unpaired) electrons. The number of carbonyl (C=O) groups is 1. The molecule has 8 nitrogen and oxygen atoms in total. The van der Waals surface area contributed by atoms with Gasteiger partial charge in [0.2, 0.25) is 0 Å². The number of ether oxygens (including phenoxy) is 2. The molecule has 1 amide bonds. The number of hydrogen-bond donors (Lipinski definition) is 1. The number of halogens is 1. The number of hydrogen-bond acceptors (Lipinski definition) is 5. The molecule has 0 aromatic heterocycles. The number of quaternary nitrogens is 1. The van der Waals surface area contributed by atoms with Gasteiger partial charge in [0.25, 0.3) is 11.6 Å². The minimum Gasteiger partial charge on any atom is -0.496 e. The van der Waals surface area contributed by atoms with Crippen molar-refractivity contribution in [3.8, 4) is 11.5 Å². The summed E-state index contributed by atoms with van der Waals surface area (Å²) in [5.41, 5.74) is 0.0916. The number of nitro benzene ring substituents is 1. The van der Waals surface area contributed by atoms with Crippen molar-refractivity contribution in [2.45, 2.75) is 0 Å². The lowest BCUT2D eigenvalue weighted by atomic mass is 10.1. The molecule has 0 saturated carbocycles. The van der Waals surface area contributed by atoms with E-state index < -0.39 is 4.92 Å². The number of benzene rings is 2. The first-order valence-electron chi connectivity index (χ1n) is 9.31. The van der Waals surface area contributed by atoms with Gasteiger partial charge in [0, 0.05) is 17.2 Å². The molecule has 29 heavy (non-hydrogen) atoms. The molecular weight excluding hydrogens is 398 g/mol. The fourth-order valence-corrected chi connectivity index (χ4v) is 3.39. The van der Waals surface area contributed by atoms with Crippen molar-refractivity contribution in [1.82, 2.24) is 4.90 Å². The third-order valence-electron chi connectivity index (χ3n) is 4.92. The molecule has 9 heteroatoms. The van der Waals surface area contributed by atoms with E-state index in [9.17, 15) is 14.9 Å². The van der Waals surface area contributed by atoms with Crippen LogP contribution in [0.1, 0.15) is 10.4 Å². The summed E-state index contributed by atoms with van der Waals surface area (Å²) in [7, 11) is 1.45. The summed E-state index contributed by atoms with van der Waals surface area (Å²) in [6, 6.07) is 11.3. The molecule has 1 N–H and O–H groups in total. The van der Waals surface area contributed by atoms with Gasteiger partial charge >= 0.3 is 0 Å². The zero-order valence-electron chi connectivity index (χ0n) is 16.1. The Morgan fingerprint density at radius 3 is 2.52 bits per heavy atom. The Morgan fingerprint density at radius 2 is 1.90 bits per heavy atom. The first-order chi connectivity index (χ1) is 14.0. The van der Waals surface area contributed by atoms with E-state index in [2.05, 4.69) is 0 Å². The van der Waals surface area contributed by atoms with Gasteiger partial charge in [0.15, 0.2) is 0 Å². The van der Waals surface area contributed by atoms with Crippen LogP contribution in [0.2, 0.25) is 5.02 Å². The van der Waals surface area contributed by atoms with E-state index in [0.717, 1.165) is 25.4 Å². The van der Waals surface area contributed by atoms with Gasteiger partial charge in [-0.3, -0.25) is 14.9 Å². The average molecular weight is 421 g/mol. The molecule has 1 aliphatic heterocycles. The van der Waals surface area contributed by atoms with E-state index >= 15 is 0 Å². The van der Waals surface area contributed by atoms with Gasteiger partial charge in [-0.05, 0) is 30.3 Å².